The lowest BCUT2D eigenvalue weighted by Crippen LogP contribution is -2.27. The van der Waals surface area contributed by atoms with Gasteiger partial charge in [0.15, 0.2) is 0 Å². The van der Waals surface area contributed by atoms with E-state index in [4.69, 9.17) is 17.3 Å². The molecule has 0 unspecified atom stereocenters. The lowest BCUT2D eigenvalue weighted by Gasteiger charge is -2.12. The molecule has 1 aromatic rings. The summed E-state index contributed by atoms with van der Waals surface area (Å²) in [5.41, 5.74) is 12.7. The van der Waals surface area contributed by atoms with E-state index in [-0.39, 0.29) is 0 Å². The molecule has 5 nitrogen and oxygen atoms in total. The number of hydrazine groups is 1. The van der Waals surface area contributed by atoms with E-state index in [1.54, 1.807) is 6.92 Å². The van der Waals surface area contributed by atoms with Crippen LogP contribution in [-0.4, -0.2) is 5.84 Å². The smallest absolute Gasteiger partial charge is 0.118 e. The highest BCUT2D eigenvalue weighted by Gasteiger charge is 1.98. The number of hydrogen-bond acceptors (Lipinski definition) is 4. The second-order valence-electron chi connectivity index (χ2n) is 2.96. The maximum atomic E-state index is 5.62. The summed E-state index contributed by atoms with van der Waals surface area (Å²) < 4.78 is 0. The molecule has 0 fully saturated rings. The van der Waals surface area contributed by atoms with Crippen LogP contribution in [0.3, 0.4) is 0 Å². The van der Waals surface area contributed by atoms with Gasteiger partial charge < -0.3 is 11.5 Å². The predicted octanol–water partition coefficient (Wildman–Crippen LogP) is 0.118. The minimum Gasteiger partial charge on any atom is -0.386 e. The molecule has 6 N–H and O–H groups in total. The first kappa shape index (κ1) is 10.5. The van der Waals surface area contributed by atoms with Crippen molar-refractivity contribution in [2.75, 3.05) is 5.12 Å². The Labute approximate surface area is 83.1 Å². The third-order valence-electron chi connectivity index (χ3n) is 1.70. The lowest BCUT2D eigenvalue weighted by molar-refractivity contribution is 0.919. The van der Waals surface area contributed by atoms with E-state index < -0.39 is 0 Å². The van der Waals surface area contributed by atoms with Gasteiger partial charge in [0.2, 0.25) is 0 Å². The van der Waals surface area contributed by atoms with Gasteiger partial charge in [0, 0.05) is 6.54 Å². The summed E-state index contributed by atoms with van der Waals surface area (Å²) in [5.74, 6) is 6.03. The molecule has 0 saturated heterocycles. The van der Waals surface area contributed by atoms with Crippen molar-refractivity contribution in [1.82, 2.24) is 0 Å². The van der Waals surface area contributed by atoms with Crippen molar-refractivity contribution in [3.8, 4) is 0 Å². The molecule has 0 amide bonds. The second kappa shape index (κ2) is 4.59. The molecule has 5 heteroatoms. The number of nitrogens with two attached hydrogens (primary N) is 3. The molecule has 0 bridgehead atoms. The monoisotopic (exact) mass is 193 g/mol. The number of amidine groups is 1. The molecule has 0 aliphatic carbocycles. The number of benzene rings is 1. The molecule has 14 heavy (non-hydrogen) atoms. The standard InChI is InChI=1S/C9H15N5/c1-7(11)13-14(12)9-4-2-8(6-10)3-5-9/h2-5H,6,10,12H2,1H3,(H2,11,13). The maximum Gasteiger partial charge on any atom is 0.118 e. The van der Waals surface area contributed by atoms with E-state index in [1.807, 2.05) is 24.3 Å². The average Bonchev–Trinajstić information content (AvgIpc) is 2.17. The van der Waals surface area contributed by atoms with Gasteiger partial charge in [-0.05, 0) is 24.6 Å². The molecule has 1 rings (SSSR count). The van der Waals surface area contributed by atoms with Gasteiger partial charge in [0.1, 0.15) is 5.84 Å². The molecule has 1 aromatic carbocycles. The molecule has 0 aliphatic heterocycles. The van der Waals surface area contributed by atoms with Gasteiger partial charge in [-0.3, -0.25) is 0 Å². The number of hydrogen-bond donors (Lipinski definition) is 3. The molecule has 0 saturated carbocycles. The topological polar surface area (TPSA) is 93.7 Å². The van der Waals surface area contributed by atoms with Gasteiger partial charge in [-0.25, -0.2) is 5.84 Å². The van der Waals surface area contributed by atoms with Crippen LogP contribution in [0.2, 0.25) is 0 Å². The molecule has 0 radical (unpaired) electrons. The van der Waals surface area contributed by atoms with Gasteiger partial charge in [-0.2, -0.15) is 5.12 Å². The van der Waals surface area contributed by atoms with Crippen LogP contribution >= 0.6 is 0 Å². The molecule has 0 heterocycles. The van der Waals surface area contributed by atoms with Gasteiger partial charge in [-0.15, -0.1) is 5.10 Å². The van der Waals surface area contributed by atoms with Crippen LogP contribution < -0.4 is 22.4 Å². The van der Waals surface area contributed by atoms with Crippen LogP contribution in [0.15, 0.2) is 29.4 Å². The first-order chi connectivity index (χ1) is 6.63. The summed E-state index contributed by atoms with van der Waals surface area (Å²) in [4.78, 5) is 0. The third kappa shape index (κ3) is 2.72. The Balaban J connectivity index is 2.81. The summed E-state index contributed by atoms with van der Waals surface area (Å²) in [7, 11) is 0. The largest absolute Gasteiger partial charge is 0.386 e. The molecule has 76 valence electrons. The molecule has 0 aromatic heterocycles. The van der Waals surface area contributed by atoms with E-state index in [0.29, 0.717) is 12.4 Å². The fourth-order valence-corrected chi connectivity index (χ4v) is 1.01. The second-order valence-corrected chi connectivity index (χ2v) is 2.96. The zero-order valence-electron chi connectivity index (χ0n) is 8.14. The van der Waals surface area contributed by atoms with Crippen molar-refractivity contribution in [2.45, 2.75) is 13.5 Å². The quantitative estimate of drug-likeness (QED) is 0.275. The van der Waals surface area contributed by atoms with Crippen LogP contribution in [0, 0.1) is 0 Å². The van der Waals surface area contributed by atoms with Gasteiger partial charge in [0.05, 0.1) is 5.69 Å². The molecular weight excluding hydrogens is 178 g/mol. The number of hydrazone groups is 1. The minimum atomic E-state index is 0.412. The fourth-order valence-electron chi connectivity index (χ4n) is 1.01. The fraction of sp³-hybridized carbons (Fsp3) is 0.222. The molecular formula is C9H15N5. The highest BCUT2D eigenvalue weighted by Crippen LogP contribution is 2.12. The van der Waals surface area contributed by atoms with E-state index in [2.05, 4.69) is 5.10 Å². The maximum absolute atomic E-state index is 5.62. The number of nitrogens with zero attached hydrogens (tertiary/aromatic N) is 2. The lowest BCUT2D eigenvalue weighted by atomic mass is 10.2. The molecule has 0 aliphatic rings. The van der Waals surface area contributed by atoms with Crippen molar-refractivity contribution < 1.29 is 0 Å². The van der Waals surface area contributed by atoms with Crippen LogP contribution in [0.25, 0.3) is 0 Å². The Morgan fingerprint density at radius 3 is 2.36 bits per heavy atom. The van der Waals surface area contributed by atoms with Crippen LogP contribution in [0.5, 0.6) is 0 Å². The van der Waals surface area contributed by atoms with E-state index in [1.165, 1.54) is 5.12 Å². The Hall–Kier alpha value is -1.59. The van der Waals surface area contributed by atoms with Gasteiger partial charge in [-0.1, -0.05) is 12.1 Å². The highest BCUT2D eigenvalue weighted by molar-refractivity contribution is 5.78. The van der Waals surface area contributed by atoms with Crippen LogP contribution in [0.4, 0.5) is 5.69 Å². The third-order valence-corrected chi connectivity index (χ3v) is 1.70. The van der Waals surface area contributed by atoms with Gasteiger partial charge >= 0.3 is 0 Å². The van der Waals surface area contributed by atoms with E-state index >= 15 is 0 Å². The SMILES string of the molecule is C/C(N)=N/N(N)c1ccc(CN)cc1. The average molecular weight is 193 g/mol. The zero-order chi connectivity index (χ0) is 10.6. The predicted molar refractivity (Wildman–Crippen MR) is 58.3 cm³/mol. The summed E-state index contributed by atoms with van der Waals surface area (Å²) in [6.45, 7) is 2.19. The zero-order valence-corrected chi connectivity index (χ0v) is 8.14. The molecule has 0 atom stereocenters. The highest BCUT2D eigenvalue weighted by atomic mass is 15.6. The summed E-state index contributed by atoms with van der Waals surface area (Å²) in [6, 6.07) is 7.48. The Morgan fingerprint density at radius 1 is 1.36 bits per heavy atom. The van der Waals surface area contributed by atoms with Crippen molar-refractivity contribution >= 4 is 11.5 Å². The molecule has 0 spiro atoms. The van der Waals surface area contributed by atoms with E-state index in [0.717, 1.165) is 11.3 Å². The van der Waals surface area contributed by atoms with Crippen LogP contribution in [-0.2, 0) is 6.54 Å². The normalized spacial score (nSPS) is 11.5. The van der Waals surface area contributed by atoms with E-state index in [9.17, 15) is 0 Å². The summed E-state index contributed by atoms with van der Waals surface area (Å²) >= 11 is 0. The van der Waals surface area contributed by atoms with Crippen molar-refractivity contribution in [3.05, 3.63) is 29.8 Å². The first-order valence-electron chi connectivity index (χ1n) is 4.28. The Kier molecular flexibility index (Phi) is 3.44. The number of rotatable bonds is 3. The summed E-state index contributed by atoms with van der Waals surface area (Å²) in [6.07, 6.45) is 0. The number of anilines is 1. The minimum absolute atomic E-state index is 0.412. The van der Waals surface area contributed by atoms with Crippen molar-refractivity contribution in [3.63, 3.8) is 0 Å². The summed E-state index contributed by atoms with van der Waals surface area (Å²) in [5, 5.41) is 5.11. The van der Waals surface area contributed by atoms with Gasteiger partial charge in [0.25, 0.3) is 0 Å². The first-order valence-corrected chi connectivity index (χ1v) is 4.28. The Morgan fingerprint density at radius 2 is 1.93 bits per heavy atom. The van der Waals surface area contributed by atoms with Crippen molar-refractivity contribution in [2.24, 2.45) is 22.4 Å². The van der Waals surface area contributed by atoms with Crippen LogP contribution in [0.1, 0.15) is 12.5 Å². The van der Waals surface area contributed by atoms with Crippen molar-refractivity contribution in [1.29, 1.82) is 0 Å². The Bertz CT molecular complexity index is 312.